The van der Waals surface area contributed by atoms with Crippen molar-refractivity contribution in [1.82, 2.24) is 4.90 Å². The number of aliphatic carboxylic acids is 1. The fourth-order valence-corrected chi connectivity index (χ4v) is 4.45. The zero-order chi connectivity index (χ0) is 25.1. The quantitative estimate of drug-likeness (QED) is 0.278. The number of likely N-dealkylation sites (N-methyl/N-ethyl adjacent to an activating group) is 1. The highest BCUT2D eigenvalue weighted by Gasteiger charge is 2.58. The summed E-state index contributed by atoms with van der Waals surface area (Å²) in [4.78, 5) is 12.4. The molecule has 3 rings (SSSR count). The molecule has 0 amide bonds. The van der Waals surface area contributed by atoms with Crippen molar-refractivity contribution in [1.29, 1.82) is 0 Å². The number of rotatable bonds is 10. The fraction of sp³-hybridized carbons (Fsp3) is 0.607. The minimum atomic E-state index is -0.948. The Morgan fingerprint density at radius 1 is 1.21 bits per heavy atom. The Hall–Kier alpha value is -2.15. The van der Waals surface area contributed by atoms with E-state index in [0.717, 1.165) is 30.4 Å². The van der Waals surface area contributed by atoms with E-state index in [2.05, 4.69) is 26.8 Å². The topological polar surface area (TPSA) is 71.5 Å². The van der Waals surface area contributed by atoms with Gasteiger partial charge in [-0.3, -0.25) is 0 Å². The first-order chi connectivity index (χ1) is 16.2. The Labute approximate surface area is 205 Å². The van der Waals surface area contributed by atoms with Crippen molar-refractivity contribution in [3.63, 3.8) is 0 Å². The van der Waals surface area contributed by atoms with Crippen LogP contribution in [0, 0.1) is 5.92 Å². The summed E-state index contributed by atoms with van der Waals surface area (Å²) in [6.45, 7) is 8.08. The van der Waals surface area contributed by atoms with Gasteiger partial charge in [0, 0.05) is 25.6 Å². The van der Waals surface area contributed by atoms with Crippen LogP contribution in [0.1, 0.15) is 58.4 Å². The summed E-state index contributed by atoms with van der Waals surface area (Å²) in [7, 11) is 5.83. The van der Waals surface area contributed by atoms with Crippen molar-refractivity contribution in [3.05, 3.63) is 47.6 Å². The molecule has 1 heterocycles. The van der Waals surface area contributed by atoms with Gasteiger partial charge < -0.3 is 24.2 Å². The number of allylic oxidation sites excluding steroid dienone is 1. The third kappa shape index (κ3) is 9.24. The van der Waals surface area contributed by atoms with Gasteiger partial charge in [-0.05, 0) is 77.9 Å². The smallest absolute Gasteiger partial charge is 0.328 e. The molecule has 1 aromatic rings. The van der Waals surface area contributed by atoms with Gasteiger partial charge in [-0.2, -0.15) is 0 Å². The molecule has 0 spiro atoms. The molecule has 1 saturated carbocycles. The number of methoxy groups -OCH3 is 1. The lowest BCUT2D eigenvalue weighted by atomic mass is 9.76. The van der Waals surface area contributed by atoms with E-state index in [0.29, 0.717) is 24.7 Å². The molecule has 2 aliphatic rings. The maximum atomic E-state index is 10.3. The zero-order valence-electron chi connectivity index (χ0n) is 21.8. The number of hydrogen-bond donors (Lipinski definition) is 1. The summed E-state index contributed by atoms with van der Waals surface area (Å²) in [5, 5.41) is 8.48. The van der Waals surface area contributed by atoms with Crippen LogP contribution in [0.4, 0.5) is 0 Å². The van der Waals surface area contributed by atoms with Gasteiger partial charge in [-0.1, -0.05) is 36.6 Å². The van der Waals surface area contributed by atoms with Crippen molar-refractivity contribution in [2.24, 2.45) is 5.92 Å². The predicted octanol–water partition coefficient (Wildman–Crippen LogP) is 5.43. The third-order valence-electron chi connectivity index (χ3n) is 6.57. The van der Waals surface area contributed by atoms with E-state index in [1.165, 1.54) is 31.3 Å². The lowest BCUT2D eigenvalue weighted by molar-refractivity contribution is -0.131. The summed E-state index contributed by atoms with van der Waals surface area (Å²) in [6.07, 6.45) is 11.9. The molecule has 190 valence electrons. The lowest BCUT2D eigenvalue weighted by Crippen LogP contribution is -2.37. The van der Waals surface area contributed by atoms with Gasteiger partial charge in [0.15, 0.2) is 0 Å². The second-order valence-electron chi connectivity index (χ2n) is 9.86. The van der Waals surface area contributed by atoms with E-state index < -0.39 is 5.97 Å². The van der Waals surface area contributed by atoms with Crippen molar-refractivity contribution < 1.29 is 24.1 Å². The van der Waals surface area contributed by atoms with Crippen LogP contribution >= 0.6 is 0 Å². The molecule has 0 radical (unpaired) electrons. The van der Waals surface area contributed by atoms with Gasteiger partial charge in [-0.15, -0.1) is 0 Å². The number of epoxide rings is 1. The minimum absolute atomic E-state index is 0.0764. The molecule has 1 aliphatic heterocycles. The Morgan fingerprint density at radius 2 is 1.88 bits per heavy atom. The predicted molar refractivity (Wildman–Crippen MR) is 137 cm³/mol. The lowest BCUT2D eigenvalue weighted by Gasteiger charge is -2.33. The highest BCUT2D eigenvalue weighted by molar-refractivity contribution is 5.85. The molecule has 0 aromatic heterocycles. The molecule has 1 N–H and O–H groups in total. The van der Waals surface area contributed by atoms with E-state index in [-0.39, 0.29) is 5.60 Å². The molecule has 4 unspecified atom stereocenters. The van der Waals surface area contributed by atoms with Crippen molar-refractivity contribution in [2.75, 3.05) is 34.4 Å². The summed E-state index contributed by atoms with van der Waals surface area (Å²) < 4.78 is 17.2. The molecule has 34 heavy (non-hydrogen) atoms. The summed E-state index contributed by atoms with van der Waals surface area (Å²) >= 11 is 0. The van der Waals surface area contributed by atoms with Crippen molar-refractivity contribution in [3.8, 4) is 5.75 Å². The largest absolute Gasteiger partial charge is 0.492 e. The van der Waals surface area contributed by atoms with Gasteiger partial charge >= 0.3 is 5.97 Å². The van der Waals surface area contributed by atoms with E-state index in [4.69, 9.17) is 19.3 Å². The van der Waals surface area contributed by atoms with Crippen LogP contribution < -0.4 is 4.74 Å². The van der Waals surface area contributed by atoms with Crippen LogP contribution in [0.15, 0.2) is 42.0 Å². The molecular weight excluding hydrogens is 430 g/mol. The van der Waals surface area contributed by atoms with Crippen molar-refractivity contribution in [2.45, 2.75) is 70.7 Å². The maximum Gasteiger partial charge on any atom is 0.328 e. The molecule has 6 heteroatoms. The first-order valence-electron chi connectivity index (χ1n) is 12.3. The molecule has 1 aromatic carbocycles. The van der Waals surface area contributed by atoms with E-state index in [9.17, 15) is 4.79 Å². The van der Waals surface area contributed by atoms with Crippen molar-refractivity contribution >= 4 is 12.0 Å². The second-order valence-corrected chi connectivity index (χ2v) is 9.86. The van der Waals surface area contributed by atoms with Gasteiger partial charge in [0.05, 0.1) is 17.8 Å². The minimum Gasteiger partial charge on any atom is -0.492 e. The standard InChI is InChI=1S/C15H26O2.C13H17NO3/c1-11(2)9-10-14-15(3,17-14)12-7-5-6-8-13(12)16-4;1-14(2)9-10-17-12-6-3-11(4-7-12)5-8-13(15)16/h9,12-14H,5-8,10H2,1-4H3;3-8H,9-10H2,1-2H3,(H,15,16)/b;8-5+. The average Bonchev–Trinajstić information content (AvgIpc) is 3.48. The maximum absolute atomic E-state index is 10.3. The van der Waals surface area contributed by atoms with Crippen LogP contribution in [-0.2, 0) is 14.3 Å². The zero-order valence-corrected chi connectivity index (χ0v) is 21.8. The first-order valence-corrected chi connectivity index (χ1v) is 12.3. The molecule has 1 saturated heterocycles. The van der Waals surface area contributed by atoms with Crippen LogP contribution in [0.5, 0.6) is 5.75 Å². The van der Waals surface area contributed by atoms with Crippen LogP contribution in [-0.4, -0.2) is 68.1 Å². The fourth-order valence-electron chi connectivity index (χ4n) is 4.45. The number of carboxylic acid groups (broad SMARTS) is 1. The summed E-state index contributed by atoms with van der Waals surface area (Å²) in [5.74, 6) is 0.437. The van der Waals surface area contributed by atoms with Crippen LogP contribution in [0.25, 0.3) is 6.08 Å². The number of carbonyl (C=O) groups is 1. The van der Waals surface area contributed by atoms with Gasteiger partial charge in [0.1, 0.15) is 12.4 Å². The molecule has 0 bridgehead atoms. The number of benzene rings is 1. The Balaban J connectivity index is 0.000000240. The number of hydrogen-bond acceptors (Lipinski definition) is 5. The Morgan fingerprint density at radius 3 is 2.47 bits per heavy atom. The molecular formula is C28H43NO5. The van der Waals surface area contributed by atoms with Crippen LogP contribution in [0.3, 0.4) is 0 Å². The number of ether oxygens (including phenoxy) is 3. The SMILES string of the molecule is CN(C)CCOc1ccc(/C=C/C(=O)O)cc1.COC1CCCCC1C1(C)OC1CC=C(C)C. The number of nitrogens with zero attached hydrogens (tertiary/aromatic N) is 1. The molecule has 4 atom stereocenters. The Kier molecular flexibility index (Phi) is 11.3. The first kappa shape index (κ1) is 28.1. The van der Waals surface area contributed by atoms with E-state index in [1.807, 2.05) is 50.4 Å². The monoisotopic (exact) mass is 473 g/mol. The van der Waals surface area contributed by atoms with Gasteiger partial charge in [-0.25, -0.2) is 4.79 Å². The highest BCUT2D eigenvalue weighted by Crippen LogP contribution is 2.50. The van der Waals surface area contributed by atoms with Gasteiger partial charge in [0.25, 0.3) is 0 Å². The summed E-state index contributed by atoms with van der Waals surface area (Å²) in [6, 6.07) is 7.31. The second kappa shape index (κ2) is 13.7. The highest BCUT2D eigenvalue weighted by atomic mass is 16.6. The molecule has 1 aliphatic carbocycles. The van der Waals surface area contributed by atoms with E-state index in [1.54, 1.807) is 6.08 Å². The molecule has 2 fully saturated rings. The Bertz CT molecular complexity index is 813. The summed E-state index contributed by atoms with van der Waals surface area (Å²) in [5.41, 5.74) is 2.30. The third-order valence-corrected chi connectivity index (χ3v) is 6.57. The molecule has 6 nitrogen and oxygen atoms in total. The van der Waals surface area contributed by atoms with Gasteiger partial charge in [0.2, 0.25) is 0 Å². The number of carboxylic acids is 1. The average molecular weight is 474 g/mol. The van der Waals surface area contributed by atoms with E-state index >= 15 is 0 Å². The normalized spacial score (nSPS) is 26.0. The van der Waals surface area contributed by atoms with Crippen LogP contribution in [0.2, 0.25) is 0 Å².